The van der Waals surface area contributed by atoms with Crippen molar-refractivity contribution >= 4 is 22.9 Å². The molecular formula is C23H24N2O5. The molecule has 0 N–H and O–H groups in total. The number of rotatable bonds is 9. The third kappa shape index (κ3) is 4.41. The standard InChI is InChI=1S/C23H24N2O5/c1-27-20-11-15(12-21(28-2)23(20)30-4)13-24-14-19(26)22(29-3)17-9-10-25-18-8-6-5-7-16(17)18/h5-13,22H,14H2,1-4H3. The van der Waals surface area contributed by atoms with E-state index in [1.807, 2.05) is 24.3 Å². The average molecular weight is 408 g/mol. The number of hydrogen-bond acceptors (Lipinski definition) is 7. The molecule has 0 saturated heterocycles. The van der Waals surface area contributed by atoms with Gasteiger partial charge in [-0.1, -0.05) is 18.2 Å². The number of fused-ring (bicyclic) bond motifs is 1. The number of aliphatic imine (C=N–C) groups is 1. The fourth-order valence-electron chi connectivity index (χ4n) is 3.28. The number of hydrogen-bond donors (Lipinski definition) is 0. The summed E-state index contributed by atoms with van der Waals surface area (Å²) in [6.45, 7) is -0.0359. The molecule has 1 unspecified atom stereocenters. The zero-order valence-corrected chi connectivity index (χ0v) is 17.4. The van der Waals surface area contributed by atoms with E-state index < -0.39 is 6.10 Å². The lowest BCUT2D eigenvalue weighted by Gasteiger charge is -2.15. The average Bonchev–Trinajstić information content (AvgIpc) is 2.79. The molecule has 0 bridgehead atoms. The van der Waals surface area contributed by atoms with Crippen molar-refractivity contribution in [3.8, 4) is 17.2 Å². The Labute approximate surface area is 175 Å². The van der Waals surface area contributed by atoms with E-state index in [9.17, 15) is 4.79 Å². The van der Waals surface area contributed by atoms with Gasteiger partial charge in [-0.15, -0.1) is 0 Å². The van der Waals surface area contributed by atoms with Crippen molar-refractivity contribution in [1.82, 2.24) is 4.98 Å². The molecule has 0 spiro atoms. The van der Waals surface area contributed by atoms with Gasteiger partial charge in [0.25, 0.3) is 0 Å². The number of Topliss-reactive ketones (excluding diaryl/α,β-unsaturated/α-hetero) is 1. The molecule has 1 heterocycles. The van der Waals surface area contributed by atoms with Crippen molar-refractivity contribution in [2.45, 2.75) is 6.10 Å². The Kier molecular flexibility index (Phi) is 6.98. The molecule has 0 amide bonds. The molecule has 7 heteroatoms. The molecule has 0 saturated carbocycles. The van der Waals surface area contributed by atoms with Crippen LogP contribution in [0.1, 0.15) is 17.2 Å². The second-order valence-corrected chi connectivity index (χ2v) is 6.43. The van der Waals surface area contributed by atoms with Crippen molar-refractivity contribution < 1.29 is 23.7 Å². The molecule has 0 aliphatic heterocycles. The van der Waals surface area contributed by atoms with Crippen molar-refractivity contribution in [1.29, 1.82) is 0 Å². The van der Waals surface area contributed by atoms with Gasteiger partial charge in [0.1, 0.15) is 12.6 Å². The summed E-state index contributed by atoms with van der Waals surface area (Å²) >= 11 is 0. The summed E-state index contributed by atoms with van der Waals surface area (Å²) in [5.74, 6) is 1.38. The Bertz CT molecular complexity index is 1030. The van der Waals surface area contributed by atoms with Crippen molar-refractivity contribution in [2.24, 2.45) is 4.99 Å². The third-order valence-corrected chi connectivity index (χ3v) is 4.67. The van der Waals surface area contributed by atoms with Gasteiger partial charge in [0, 0.05) is 24.9 Å². The van der Waals surface area contributed by atoms with Gasteiger partial charge >= 0.3 is 0 Å². The van der Waals surface area contributed by atoms with Gasteiger partial charge in [-0.25, -0.2) is 0 Å². The van der Waals surface area contributed by atoms with Crippen LogP contribution in [0.25, 0.3) is 10.9 Å². The van der Waals surface area contributed by atoms with Gasteiger partial charge in [-0.3, -0.25) is 14.8 Å². The highest BCUT2D eigenvalue weighted by Crippen LogP contribution is 2.37. The number of para-hydroxylation sites is 1. The minimum atomic E-state index is -0.727. The highest BCUT2D eigenvalue weighted by Gasteiger charge is 2.21. The van der Waals surface area contributed by atoms with Crippen LogP contribution in [0.5, 0.6) is 17.2 Å². The fraction of sp³-hybridized carbons (Fsp3) is 0.261. The van der Waals surface area contributed by atoms with Crippen LogP contribution in [0.15, 0.2) is 53.7 Å². The number of carbonyl (C=O) groups is 1. The molecule has 0 aliphatic rings. The summed E-state index contributed by atoms with van der Waals surface area (Å²) in [5, 5.41) is 0.883. The first-order valence-corrected chi connectivity index (χ1v) is 9.32. The van der Waals surface area contributed by atoms with Crippen molar-refractivity contribution in [3.63, 3.8) is 0 Å². The first-order valence-electron chi connectivity index (χ1n) is 9.32. The second kappa shape index (κ2) is 9.84. The van der Waals surface area contributed by atoms with E-state index in [0.717, 1.165) is 22.0 Å². The predicted molar refractivity (Wildman–Crippen MR) is 115 cm³/mol. The van der Waals surface area contributed by atoms with Crippen LogP contribution in [0.4, 0.5) is 0 Å². The van der Waals surface area contributed by atoms with Crippen LogP contribution in [-0.2, 0) is 9.53 Å². The normalized spacial score (nSPS) is 12.1. The second-order valence-electron chi connectivity index (χ2n) is 6.43. The van der Waals surface area contributed by atoms with E-state index >= 15 is 0 Å². The van der Waals surface area contributed by atoms with E-state index in [2.05, 4.69) is 9.98 Å². The number of methoxy groups -OCH3 is 4. The van der Waals surface area contributed by atoms with Gasteiger partial charge in [0.15, 0.2) is 17.3 Å². The molecule has 3 aromatic rings. The van der Waals surface area contributed by atoms with Crippen LogP contribution in [-0.4, -0.2) is 52.0 Å². The summed E-state index contributed by atoms with van der Waals surface area (Å²) in [4.78, 5) is 21.5. The van der Waals surface area contributed by atoms with E-state index in [1.165, 1.54) is 7.11 Å². The molecule has 156 valence electrons. The number of nitrogens with zero attached hydrogens (tertiary/aromatic N) is 2. The number of carbonyl (C=O) groups excluding carboxylic acids is 1. The largest absolute Gasteiger partial charge is 0.493 e. The van der Waals surface area contributed by atoms with E-state index in [4.69, 9.17) is 18.9 Å². The molecule has 1 aromatic heterocycles. The molecule has 2 aromatic carbocycles. The summed E-state index contributed by atoms with van der Waals surface area (Å²) in [6, 6.07) is 13.0. The van der Waals surface area contributed by atoms with Crippen LogP contribution >= 0.6 is 0 Å². The minimum Gasteiger partial charge on any atom is -0.493 e. The van der Waals surface area contributed by atoms with Crippen LogP contribution in [0.3, 0.4) is 0 Å². The topological polar surface area (TPSA) is 79.2 Å². The SMILES string of the molecule is COc1cc(C=NCC(=O)C(OC)c2ccnc3ccccc23)cc(OC)c1OC. The molecule has 0 fully saturated rings. The van der Waals surface area contributed by atoms with E-state index in [0.29, 0.717) is 17.2 Å². The lowest BCUT2D eigenvalue weighted by molar-refractivity contribution is -0.127. The van der Waals surface area contributed by atoms with Gasteiger partial charge in [-0.05, 0) is 35.4 Å². The molecule has 0 radical (unpaired) electrons. The van der Waals surface area contributed by atoms with Crippen LogP contribution < -0.4 is 14.2 Å². The summed E-state index contributed by atoms with van der Waals surface area (Å²) in [6.07, 6.45) is 2.55. The Balaban J connectivity index is 1.81. The number of ketones is 1. The maximum absolute atomic E-state index is 12.8. The maximum Gasteiger partial charge on any atom is 0.203 e. The molecule has 3 rings (SSSR count). The first kappa shape index (κ1) is 21.3. The Morgan fingerprint density at radius 2 is 1.73 bits per heavy atom. The molecule has 0 aliphatic carbocycles. The number of aromatic nitrogens is 1. The first-order chi connectivity index (χ1) is 14.6. The number of ether oxygens (including phenoxy) is 4. The quantitative estimate of drug-likeness (QED) is 0.503. The Hall–Kier alpha value is -3.45. The third-order valence-electron chi connectivity index (χ3n) is 4.67. The Morgan fingerprint density at radius 1 is 1.03 bits per heavy atom. The number of pyridine rings is 1. The molecule has 7 nitrogen and oxygen atoms in total. The monoisotopic (exact) mass is 408 g/mol. The Morgan fingerprint density at radius 3 is 2.37 bits per heavy atom. The van der Waals surface area contributed by atoms with Crippen LogP contribution in [0, 0.1) is 0 Å². The van der Waals surface area contributed by atoms with Crippen molar-refractivity contribution in [3.05, 3.63) is 59.8 Å². The van der Waals surface area contributed by atoms with Crippen LogP contribution in [0.2, 0.25) is 0 Å². The highest BCUT2D eigenvalue weighted by atomic mass is 16.5. The number of benzene rings is 2. The zero-order chi connectivity index (χ0) is 21.5. The lowest BCUT2D eigenvalue weighted by Crippen LogP contribution is -2.18. The zero-order valence-electron chi connectivity index (χ0n) is 17.4. The molecular weight excluding hydrogens is 384 g/mol. The maximum atomic E-state index is 12.8. The van der Waals surface area contributed by atoms with Gasteiger partial charge in [0.2, 0.25) is 5.75 Å². The van der Waals surface area contributed by atoms with Gasteiger partial charge in [-0.2, -0.15) is 0 Å². The summed E-state index contributed by atoms with van der Waals surface area (Å²) < 4.78 is 21.5. The van der Waals surface area contributed by atoms with Gasteiger partial charge in [0.05, 0.1) is 26.8 Å². The lowest BCUT2D eigenvalue weighted by atomic mass is 10.0. The predicted octanol–water partition coefficient (Wildman–Crippen LogP) is 3.64. The van der Waals surface area contributed by atoms with Gasteiger partial charge < -0.3 is 18.9 Å². The fourth-order valence-corrected chi connectivity index (χ4v) is 3.28. The van der Waals surface area contributed by atoms with Crippen molar-refractivity contribution in [2.75, 3.05) is 35.0 Å². The highest BCUT2D eigenvalue weighted by molar-refractivity contribution is 5.93. The molecule has 30 heavy (non-hydrogen) atoms. The smallest absolute Gasteiger partial charge is 0.203 e. The minimum absolute atomic E-state index is 0.0359. The summed E-state index contributed by atoms with van der Waals surface area (Å²) in [7, 11) is 6.15. The van der Waals surface area contributed by atoms with E-state index in [1.54, 1.807) is 51.9 Å². The molecule has 1 atom stereocenters. The van der Waals surface area contributed by atoms with E-state index in [-0.39, 0.29) is 12.3 Å². The summed E-state index contributed by atoms with van der Waals surface area (Å²) in [5.41, 5.74) is 2.31.